The number of halogens is 1. The second-order valence-corrected chi connectivity index (χ2v) is 3.70. The van der Waals surface area contributed by atoms with E-state index in [1.807, 2.05) is 23.6 Å². The second-order valence-electron chi connectivity index (χ2n) is 2.89. The fraction of sp³-hybridized carbons (Fsp3) is 0.250. The van der Waals surface area contributed by atoms with Crippen LogP contribution >= 0.6 is 15.9 Å². The summed E-state index contributed by atoms with van der Waals surface area (Å²) in [6.45, 7) is 1.90. The number of nitrogens with zero attached hydrogens (tertiary/aromatic N) is 3. The molecule has 2 heterocycles. The first-order chi connectivity index (χ1) is 6.18. The van der Waals surface area contributed by atoms with Gasteiger partial charge in [0.1, 0.15) is 4.60 Å². The highest BCUT2D eigenvalue weighted by molar-refractivity contribution is 9.10. The average Bonchev–Trinajstić information content (AvgIpc) is 2.47. The quantitative estimate of drug-likeness (QED) is 0.823. The lowest BCUT2D eigenvalue weighted by atomic mass is 10.2. The molecule has 1 unspecified atom stereocenters. The molecule has 2 N–H and O–H groups in total. The molecule has 0 aliphatic rings. The van der Waals surface area contributed by atoms with Gasteiger partial charge in [0.2, 0.25) is 5.78 Å². The first kappa shape index (κ1) is 8.65. The van der Waals surface area contributed by atoms with Gasteiger partial charge in [-0.05, 0) is 28.9 Å². The standard InChI is InChI=1S/C8H9BrN4/c1-5(10)6-2-3-13-7(9)4-11-8(13)12-6/h2-5H,10H2,1H3. The van der Waals surface area contributed by atoms with Crippen LogP contribution in [0.15, 0.2) is 23.1 Å². The number of aromatic nitrogens is 3. The molecule has 0 aliphatic heterocycles. The van der Waals surface area contributed by atoms with Crippen molar-refractivity contribution in [3.05, 3.63) is 28.8 Å². The summed E-state index contributed by atoms with van der Waals surface area (Å²) >= 11 is 3.36. The molecule has 13 heavy (non-hydrogen) atoms. The molecule has 0 radical (unpaired) electrons. The smallest absolute Gasteiger partial charge is 0.234 e. The van der Waals surface area contributed by atoms with Crippen LogP contribution in [0.4, 0.5) is 0 Å². The molecule has 0 aliphatic carbocycles. The topological polar surface area (TPSA) is 56.2 Å². The van der Waals surface area contributed by atoms with Gasteiger partial charge in [0, 0.05) is 12.2 Å². The Morgan fingerprint density at radius 1 is 1.62 bits per heavy atom. The molecule has 0 bridgehead atoms. The third-order valence-corrected chi connectivity index (χ3v) is 2.41. The fourth-order valence-corrected chi connectivity index (χ4v) is 1.49. The van der Waals surface area contributed by atoms with Crippen molar-refractivity contribution < 1.29 is 0 Å². The van der Waals surface area contributed by atoms with Crippen LogP contribution < -0.4 is 5.73 Å². The molecule has 0 aromatic carbocycles. The predicted octanol–water partition coefficient (Wildman–Crippen LogP) is 1.51. The van der Waals surface area contributed by atoms with Crippen molar-refractivity contribution in [2.75, 3.05) is 0 Å². The first-order valence-corrected chi connectivity index (χ1v) is 4.73. The maximum absolute atomic E-state index is 5.70. The summed E-state index contributed by atoms with van der Waals surface area (Å²) in [5.41, 5.74) is 6.55. The summed E-state index contributed by atoms with van der Waals surface area (Å²) in [5, 5.41) is 0. The summed E-state index contributed by atoms with van der Waals surface area (Å²) in [7, 11) is 0. The SMILES string of the molecule is CC(N)c1ccn2c(Br)cnc2n1. The molecule has 68 valence electrons. The minimum Gasteiger partial charge on any atom is -0.323 e. The lowest BCUT2D eigenvalue weighted by Crippen LogP contribution is -2.08. The number of fused-ring (bicyclic) bond motifs is 1. The molecule has 1 atom stereocenters. The van der Waals surface area contributed by atoms with E-state index in [2.05, 4.69) is 25.9 Å². The van der Waals surface area contributed by atoms with Crippen LogP contribution in [0.25, 0.3) is 5.78 Å². The Hall–Kier alpha value is -0.940. The van der Waals surface area contributed by atoms with Crippen LogP contribution in [0.2, 0.25) is 0 Å². The van der Waals surface area contributed by atoms with Crippen LogP contribution in [0, 0.1) is 0 Å². The summed E-state index contributed by atoms with van der Waals surface area (Å²) in [6, 6.07) is 1.84. The van der Waals surface area contributed by atoms with Crippen molar-refractivity contribution >= 4 is 21.7 Å². The zero-order valence-corrected chi connectivity index (χ0v) is 8.69. The van der Waals surface area contributed by atoms with Gasteiger partial charge in [0.05, 0.1) is 11.9 Å². The highest BCUT2D eigenvalue weighted by atomic mass is 79.9. The van der Waals surface area contributed by atoms with Gasteiger partial charge in [-0.2, -0.15) is 0 Å². The number of hydrogen-bond acceptors (Lipinski definition) is 3. The van der Waals surface area contributed by atoms with E-state index in [0.717, 1.165) is 10.3 Å². The zero-order valence-electron chi connectivity index (χ0n) is 7.11. The molecule has 2 aromatic rings. The summed E-state index contributed by atoms with van der Waals surface area (Å²) in [5.74, 6) is 0.668. The van der Waals surface area contributed by atoms with Crippen LogP contribution in [-0.2, 0) is 0 Å². The molecule has 0 saturated heterocycles. The first-order valence-electron chi connectivity index (χ1n) is 3.93. The van der Waals surface area contributed by atoms with E-state index in [0.29, 0.717) is 5.78 Å². The lowest BCUT2D eigenvalue weighted by molar-refractivity contribution is 0.776. The van der Waals surface area contributed by atoms with Crippen molar-refractivity contribution in [3.8, 4) is 0 Å². The van der Waals surface area contributed by atoms with E-state index < -0.39 is 0 Å². The molecular weight excluding hydrogens is 232 g/mol. The average molecular weight is 241 g/mol. The Morgan fingerprint density at radius 2 is 2.38 bits per heavy atom. The van der Waals surface area contributed by atoms with Crippen molar-refractivity contribution in [1.82, 2.24) is 14.4 Å². The molecule has 0 amide bonds. The predicted molar refractivity (Wildman–Crippen MR) is 53.3 cm³/mol. The summed E-state index contributed by atoms with van der Waals surface area (Å²) in [4.78, 5) is 8.40. The molecular formula is C8H9BrN4. The lowest BCUT2D eigenvalue weighted by Gasteiger charge is -2.03. The summed E-state index contributed by atoms with van der Waals surface area (Å²) < 4.78 is 2.75. The highest BCUT2D eigenvalue weighted by Crippen LogP contribution is 2.13. The molecule has 0 spiro atoms. The number of nitrogens with two attached hydrogens (primary N) is 1. The van der Waals surface area contributed by atoms with E-state index in [-0.39, 0.29) is 6.04 Å². The van der Waals surface area contributed by atoms with E-state index in [1.54, 1.807) is 6.20 Å². The molecule has 2 aromatic heterocycles. The number of rotatable bonds is 1. The minimum atomic E-state index is -0.0551. The third kappa shape index (κ3) is 1.45. The van der Waals surface area contributed by atoms with Crippen LogP contribution in [0.1, 0.15) is 18.7 Å². The molecule has 0 fully saturated rings. The van der Waals surface area contributed by atoms with Crippen molar-refractivity contribution in [3.63, 3.8) is 0 Å². The van der Waals surface area contributed by atoms with Crippen molar-refractivity contribution in [1.29, 1.82) is 0 Å². The van der Waals surface area contributed by atoms with Gasteiger partial charge in [-0.25, -0.2) is 9.97 Å². The van der Waals surface area contributed by atoms with Crippen molar-refractivity contribution in [2.24, 2.45) is 5.73 Å². The maximum Gasteiger partial charge on any atom is 0.234 e. The Bertz CT molecular complexity index is 435. The highest BCUT2D eigenvalue weighted by Gasteiger charge is 2.05. The Morgan fingerprint density at radius 3 is 3.08 bits per heavy atom. The number of hydrogen-bond donors (Lipinski definition) is 1. The number of imidazole rings is 1. The normalized spacial score (nSPS) is 13.5. The fourth-order valence-electron chi connectivity index (χ4n) is 1.11. The van der Waals surface area contributed by atoms with E-state index >= 15 is 0 Å². The maximum atomic E-state index is 5.70. The van der Waals surface area contributed by atoms with E-state index in [9.17, 15) is 0 Å². The molecule has 0 saturated carbocycles. The Labute approximate surface area is 83.9 Å². The third-order valence-electron chi connectivity index (χ3n) is 1.82. The van der Waals surface area contributed by atoms with Gasteiger partial charge in [0.15, 0.2) is 0 Å². The minimum absolute atomic E-state index is 0.0551. The van der Waals surface area contributed by atoms with Crippen LogP contribution in [0.3, 0.4) is 0 Å². The Balaban J connectivity index is 2.63. The molecule has 2 rings (SSSR count). The van der Waals surface area contributed by atoms with E-state index in [1.165, 1.54) is 0 Å². The molecule has 5 heteroatoms. The summed E-state index contributed by atoms with van der Waals surface area (Å²) in [6.07, 6.45) is 3.62. The zero-order chi connectivity index (χ0) is 9.42. The second kappa shape index (κ2) is 3.08. The van der Waals surface area contributed by atoms with E-state index in [4.69, 9.17) is 5.73 Å². The van der Waals surface area contributed by atoms with Gasteiger partial charge in [-0.3, -0.25) is 4.40 Å². The van der Waals surface area contributed by atoms with Gasteiger partial charge in [0.25, 0.3) is 0 Å². The van der Waals surface area contributed by atoms with Crippen molar-refractivity contribution in [2.45, 2.75) is 13.0 Å². The van der Waals surface area contributed by atoms with Gasteiger partial charge in [-0.1, -0.05) is 0 Å². The monoisotopic (exact) mass is 240 g/mol. The Kier molecular flexibility index (Phi) is 2.05. The van der Waals surface area contributed by atoms with Gasteiger partial charge < -0.3 is 5.73 Å². The molecule has 4 nitrogen and oxygen atoms in total. The van der Waals surface area contributed by atoms with Crippen LogP contribution in [-0.4, -0.2) is 14.4 Å². The van der Waals surface area contributed by atoms with Gasteiger partial charge >= 0.3 is 0 Å². The largest absolute Gasteiger partial charge is 0.323 e. The van der Waals surface area contributed by atoms with Crippen LogP contribution in [0.5, 0.6) is 0 Å². The van der Waals surface area contributed by atoms with Gasteiger partial charge in [-0.15, -0.1) is 0 Å².